The Morgan fingerprint density at radius 1 is 1.10 bits per heavy atom. The number of benzene rings is 2. The van der Waals surface area contributed by atoms with Crippen LogP contribution in [0.5, 0.6) is 11.5 Å². The minimum Gasteiger partial charge on any atom is -0.493 e. The number of methoxy groups -OCH3 is 1. The highest BCUT2D eigenvalue weighted by Gasteiger charge is 2.34. The molecular weight excluding hydrogens is 397 g/mol. The van der Waals surface area contributed by atoms with Crippen LogP contribution in [0.2, 0.25) is 0 Å². The molecule has 1 heterocycles. The van der Waals surface area contributed by atoms with Crippen molar-refractivity contribution in [3.8, 4) is 11.5 Å². The Labute approximate surface area is 177 Å². The summed E-state index contributed by atoms with van der Waals surface area (Å²) in [5.74, 6) is 1.01. The van der Waals surface area contributed by atoms with Crippen molar-refractivity contribution in [3.63, 3.8) is 0 Å². The summed E-state index contributed by atoms with van der Waals surface area (Å²) in [4.78, 5) is 0. The number of hydrogen-bond acceptors (Lipinski definition) is 5. The Morgan fingerprint density at radius 3 is 2.41 bits per heavy atom. The van der Waals surface area contributed by atoms with E-state index in [0.717, 1.165) is 18.4 Å². The summed E-state index contributed by atoms with van der Waals surface area (Å²) in [5, 5.41) is 13.7. The zero-order valence-electron chi connectivity index (χ0n) is 16.6. The van der Waals surface area contributed by atoms with Crippen LogP contribution in [-0.4, -0.2) is 51.2 Å². The molecule has 7 heteroatoms. The van der Waals surface area contributed by atoms with E-state index >= 15 is 0 Å². The zero-order chi connectivity index (χ0) is 19.8. The van der Waals surface area contributed by atoms with E-state index < -0.39 is 6.10 Å². The first-order valence-corrected chi connectivity index (χ1v) is 9.61. The molecule has 3 rings (SSSR count). The van der Waals surface area contributed by atoms with Gasteiger partial charge in [-0.15, -0.1) is 12.4 Å². The van der Waals surface area contributed by atoms with Crippen LogP contribution in [0, 0.1) is 5.82 Å². The number of rotatable bonds is 9. The minimum absolute atomic E-state index is 0. The first-order chi connectivity index (χ1) is 13.6. The summed E-state index contributed by atoms with van der Waals surface area (Å²) >= 11 is 0. The van der Waals surface area contributed by atoms with Gasteiger partial charge in [0.1, 0.15) is 18.5 Å². The predicted octanol–water partition coefficient (Wildman–Crippen LogP) is 3.33. The van der Waals surface area contributed by atoms with Gasteiger partial charge >= 0.3 is 0 Å². The van der Waals surface area contributed by atoms with Gasteiger partial charge in [-0.1, -0.05) is 24.3 Å². The van der Waals surface area contributed by atoms with Gasteiger partial charge in [0.25, 0.3) is 0 Å². The summed E-state index contributed by atoms with van der Waals surface area (Å²) in [6.45, 7) is 2.61. The maximum Gasteiger partial charge on any atom is 0.161 e. The molecule has 1 atom stereocenters. The Hall–Kier alpha value is -1.86. The largest absolute Gasteiger partial charge is 0.493 e. The predicted molar refractivity (Wildman–Crippen MR) is 113 cm³/mol. The molecule has 1 saturated heterocycles. The number of para-hydroxylation sites is 2. The quantitative estimate of drug-likeness (QED) is 0.645. The Morgan fingerprint density at radius 2 is 1.76 bits per heavy atom. The van der Waals surface area contributed by atoms with Gasteiger partial charge in [0.2, 0.25) is 0 Å². The standard InChI is InChI=1S/C22H28FNO4.ClH/c1-26-20-4-2-3-5-21(20)28-15-19(25)14-24-16-22(10-12-27-13-11-22)17-6-8-18(23)9-7-17;/h2-9,19,24-25H,10-16H2,1H3;1H. The molecule has 1 unspecified atom stereocenters. The van der Waals surface area contributed by atoms with Crippen LogP contribution in [0.15, 0.2) is 48.5 Å². The van der Waals surface area contributed by atoms with Crippen molar-refractivity contribution < 1.29 is 23.7 Å². The van der Waals surface area contributed by atoms with Crippen LogP contribution in [0.25, 0.3) is 0 Å². The summed E-state index contributed by atoms with van der Waals surface area (Å²) in [6, 6.07) is 14.1. The smallest absolute Gasteiger partial charge is 0.161 e. The maximum absolute atomic E-state index is 13.3. The molecule has 1 aliphatic rings. The summed E-state index contributed by atoms with van der Waals surface area (Å²) in [5.41, 5.74) is 0.985. The van der Waals surface area contributed by atoms with E-state index in [1.807, 2.05) is 36.4 Å². The van der Waals surface area contributed by atoms with Crippen LogP contribution in [0.4, 0.5) is 4.39 Å². The van der Waals surface area contributed by atoms with Crippen LogP contribution in [0.1, 0.15) is 18.4 Å². The van der Waals surface area contributed by atoms with Crippen LogP contribution < -0.4 is 14.8 Å². The second-order valence-electron chi connectivity index (χ2n) is 7.15. The molecule has 2 N–H and O–H groups in total. The van der Waals surface area contributed by atoms with Gasteiger partial charge in [0, 0.05) is 31.7 Å². The first kappa shape index (κ1) is 23.4. The fourth-order valence-corrected chi connectivity index (χ4v) is 3.59. The van der Waals surface area contributed by atoms with Crippen LogP contribution in [0.3, 0.4) is 0 Å². The molecule has 5 nitrogen and oxygen atoms in total. The maximum atomic E-state index is 13.3. The van der Waals surface area contributed by atoms with Gasteiger partial charge in [0.15, 0.2) is 11.5 Å². The molecule has 2 aromatic carbocycles. The molecule has 0 saturated carbocycles. The first-order valence-electron chi connectivity index (χ1n) is 9.61. The molecule has 0 amide bonds. The van der Waals surface area contributed by atoms with Crippen molar-refractivity contribution in [3.05, 3.63) is 59.9 Å². The van der Waals surface area contributed by atoms with Gasteiger partial charge in [0.05, 0.1) is 7.11 Å². The number of ether oxygens (including phenoxy) is 3. The van der Waals surface area contributed by atoms with Gasteiger partial charge in [-0.2, -0.15) is 0 Å². The van der Waals surface area contributed by atoms with E-state index in [9.17, 15) is 9.50 Å². The average Bonchev–Trinajstić information content (AvgIpc) is 2.73. The lowest BCUT2D eigenvalue weighted by atomic mass is 9.74. The number of halogens is 2. The molecule has 1 aliphatic heterocycles. The highest BCUT2D eigenvalue weighted by molar-refractivity contribution is 5.85. The highest BCUT2D eigenvalue weighted by atomic mass is 35.5. The summed E-state index contributed by atoms with van der Waals surface area (Å²) in [7, 11) is 1.59. The molecule has 2 aromatic rings. The van der Waals surface area contributed by atoms with Gasteiger partial charge < -0.3 is 24.6 Å². The minimum atomic E-state index is -0.657. The number of hydrogen-bond donors (Lipinski definition) is 2. The van der Waals surface area contributed by atoms with E-state index in [0.29, 0.717) is 37.8 Å². The third kappa shape index (κ3) is 6.31. The topological polar surface area (TPSA) is 60.0 Å². The number of aliphatic hydroxyl groups excluding tert-OH is 1. The van der Waals surface area contributed by atoms with Gasteiger partial charge in [-0.25, -0.2) is 4.39 Å². The van der Waals surface area contributed by atoms with Gasteiger partial charge in [-0.3, -0.25) is 0 Å². The SMILES string of the molecule is COc1ccccc1OCC(O)CNCC1(c2ccc(F)cc2)CCOCC1.Cl. The Balaban J connectivity index is 0.00000300. The average molecular weight is 426 g/mol. The molecule has 0 bridgehead atoms. The van der Waals surface area contributed by atoms with E-state index in [2.05, 4.69) is 5.32 Å². The Kier molecular flexibility index (Phi) is 9.17. The van der Waals surface area contributed by atoms with E-state index in [1.54, 1.807) is 7.11 Å². The fourth-order valence-electron chi connectivity index (χ4n) is 3.59. The molecule has 0 aromatic heterocycles. The van der Waals surface area contributed by atoms with Crippen molar-refractivity contribution >= 4 is 12.4 Å². The number of nitrogens with one attached hydrogen (secondary N) is 1. The second-order valence-corrected chi connectivity index (χ2v) is 7.15. The molecule has 0 radical (unpaired) electrons. The highest BCUT2D eigenvalue weighted by Crippen LogP contribution is 2.34. The zero-order valence-corrected chi connectivity index (χ0v) is 17.4. The molecule has 0 aliphatic carbocycles. The van der Waals surface area contributed by atoms with E-state index in [4.69, 9.17) is 14.2 Å². The summed E-state index contributed by atoms with van der Waals surface area (Å²) < 4.78 is 29.8. The Bertz CT molecular complexity index is 738. The molecule has 1 fully saturated rings. The van der Waals surface area contributed by atoms with Crippen LogP contribution in [-0.2, 0) is 10.2 Å². The van der Waals surface area contributed by atoms with Crippen molar-refractivity contribution in [1.29, 1.82) is 0 Å². The normalized spacial score (nSPS) is 16.5. The monoisotopic (exact) mass is 425 g/mol. The lowest BCUT2D eigenvalue weighted by Gasteiger charge is -2.38. The molecule has 29 heavy (non-hydrogen) atoms. The van der Waals surface area contributed by atoms with Crippen molar-refractivity contribution in [1.82, 2.24) is 5.32 Å². The molecule has 0 spiro atoms. The van der Waals surface area contributed by atoms with E-state index in [1.165, 1.54) is 12.1 Å². The lowest BCUT2D eigenvalue weighted by Crippen LogP contribution is -2.45. The van der Waals surface area contributed by atoms with Gasteiger partial charge in [-0.05, 0) is 42.7 Å². The summed E-state index contributed by atoms with van der Waals surface area (Å²) in [6.07, 6.45) is 1.06. The fraction of sp³-hybridized carbons (Fsp3) is 0.455. The third-order valence-corrected chi connectivity index (χ3v) is 5.25. The van der Waals surface area contributed by atoms with Crippen LogP contribution >= 0.6 is 12.4 Å². The van der Waals surface area contributed by atoms with Crippen molar-refractivity contribution in [2.45, 2.75) is 24.4 Å². The lowest BCUT2D eigenvalue weighted by molar-refractivity contribution is 0.0469. The van der Waals surface area contributed by atoms with Crippen molar-refractivity contribution in [2.75, 3.05) is 40.0 Å². The second kappa shape index (κ2) is 11.4. The third-order valence-electron chi connectivity index (χ3n) is 5.25. The molecular formula is C22H29ClFNO4. The van der Waals surface area contributed by atoms with E-state index in [-0.39, 0.29) is 30.2 Å². The number of aliphatic hydroxyl groups is 1. The van der Waals surface area contributed by atoms with Crippen molar-refractivity contribution in [2.24, 2.45) is 0 Å². The molecule has 160 valence electrons.